The van der Waals surface area contributed by atoms with E-state index in [0.29, 0.717) is 17.0 Å². The van der Waals surface area contributed by atoms with E-state index in [-0.39, 0.29) is 6.61 Å². The molecule has 0 aromatic carbocycles. The molecule has 3 nitrogen and oxygen atoms in total. The number of carbonyl (C=O) groups is 1. The zero-order valence-corrected chi connectivity index (χ0v) is 6.39. The molecule has 1 aromatic heterocycles. The molecular formula is C7H5NO2S. The Morgan fingerprint density at radius 2 is 2.64 bits per heavy atom. The Balaban J connectivity index is 2.80. The third kappa shape index (κ3) is 2.15. The minimum absolute atomic E-state index is 0.187. The van der Waals surface area contributed by atoms with E-state index in [1.165, 1.54) is 11.3 Å². The van der Waals surface area contributed by atoms with Gasteiger partial charge in [0.25, 0.3) is 0 Å². The molecule has 1 rings (SSSR count). The van der Waals surface area contributed by atoms with Crippen LogP contribution < -0.4 is 0 Å². The van der Waals surface area contributed by atoms with Gasteiger partial charge in [0.05, 0.1) is 0 Å². The van der Waals surface area contributed by atoms with Crippen LogP contribution in [-0.2, 0) is 0 Å². The van der Waals surface area contributed by atoms with Gasteiger partial charge in [0.2, 0.25) is 0 Å². The molecule has 0 amide bonds. The van der Waals surface area contributed by atoms with Crippen molar-refractivity contribution in [3.05, 3.63) is 16.1 Å². The second-order valence-corrected chi connectivity index (χ2v) is 2.54. The third-order valence-corrected chi connectivity index (χ3v) is 1.69. The first-order valence-electron chi connectivity index (χ1n) is 2.87. The molecule has 56 valence electrons. The largest absolute Gasteiger partial charge is 0.384 e. The molecule has 4 heteroatoms. The highest BCUT2D eigenvalue weighted by molar-refractivity contribution is 7.11. The van der Waals surface area contributed by atoms with Crippen molar-refractivity contribution in [1.82, 2.24) is 4.98 Å². The van der Waals surface area contributed by atoms with Gasteiger partial charge in [-0.15, -0.1) is 11.3 Å². The fraction of sp³-hybridized carbons (Fsp3) is 0.143. The summed E-state index contributed by atoms with van der Waals surface area (Å²) < 4.78 is 0. The maximum Gasteiger partial charge on any atom is 0.178 e. The molecule has 0 fully saturated rings. The minimum atomic E-state index is -0.187. The van der Waals surface area contributed by atoms with Gasteiger partial charge in [-0.05, 0) is 5.92 Å². The van der Waals surface area contributed by atoms with Gasteiger partial charge in [-0.25, -0.2) is 4.98 Å². The predicted octanol–water partition coefficient (Wildman–Crippen LogP) is 0.299. The van der Waals surface area contributed by atoms with Crippen LogP contribution in [-0.4, -0.2) is 23.0 Å². The van der Waals surface area contributed by atoms with Crippen molar-refractivity contribution in [1.29, 1.82) is 0 Å². The van der Waals surface area contributed by atoms with Crippen LogP contribution in [0.4, 0.5) is 0 Å². The SMILES string of the molecule is O=Cc1nc(C#CCO)cs1. The quantitative estimate of drug-likeness (QED) is 0.483. The van der Waals surface area contributed by atoms with Crippen molar-refractivity contribution < 1.29 is 9.90 Å². The highest BCUT2D eigenvalue weighted by atomic mass is 32.1. The van der Waals surface area contributed by atoms with Gasteiger partial charge in [0, 0.05) is 5.38 Å². The van der Waals surface area contributed by atoms with Crippen molar-refractivity contribution >= 4 is 17.6 Å². The summed E-state index contributed by atoms with van der Waals surface area (Å²) in [7, 11) is 0. The average Bonchev–Trinajstić information content (AvgIpc) is 2.48. The number of aliphatic hydroxyl groups excluding tert-OH is 1. The summed E-state index contributed by atoms with van der Waals surface area (Å²) in [5.74, 6) is 5.03. The average molecular weight is 167 g/mol. The van der Waals surface area contributed by atoms with Crippen molar-refractivity contribution in [3.8, 4) is 11.8 Å². The van der Waals surface area contributed by atoms with E-state index in [0.717, 1.165) is 0 Å². The van der Waals surface area contributed by atoms with Gasteiger partial charge in [-0.3, -0.25) is 4.79 Å². The van der Waals surface area contributed by atoms with E-state index in [4.69, 9.17) is 5.11 Å². The molecule has 0 bridgehead atoms. The summed E-state index contributed by atoms with van der Waals surface area (Å²) in [4.78, 5) is 14.0. The lowest BCUT2D eigenvalue weighted by Crippen LogP contribution is -1.79. The van der Waals surface area contributed by atoms with Crippen LogP contribution in [0.15, 0.2) is 5.38 Å². The number of hydrogen-bond donors (Lipinski definition) is 1. The monoisotopic (exact) mass is 167 g/mol. The Labute approximate surface area is 67.7 Å². The number of nitrogens with zero attached hydrogens (tertiary/aromatic N) is 1. The van der Waals surface area contributed by atoms with Crippen LogP contribution in [0.5, 0.6) is 0 Å². The van der Waals surface area contributed by atoms with Crippen LogP contribution in [0, 0.1) is 11.8 Å². The summed E-state index contributed by atoms with van der Waals surface area (Å²) in [6.45, 7) is -0.187. The molecule has 11 heavy (non-hydrogen) atoms. The lowest BCUT2D eigenvalue weighted by atomic mass is 10.5. The standard InChI is InChI=1S/C7H5NO2S/c9-3-1-2-6-5-11-7(4-10)8-6/h4-5,9H,3H2. The summed E-state index contributed by atoms with van der Waals surface area (Å²) in [5.41, 5.74) is 0.533. The molecule has 0 saturated heterocycles. The summed E-state index contributed by atoms with van der Waals surface area (Å²) in [6.07, 6.45) is 0.675. The molecule has 1 N–H and O–H groups in total. The Morgan fingerprint density at radius 1 is 1.82 bits per heavy atom. The third-order valence-electron chi connectivity index (χ3n) is 0.918. The molecule has 0 saturated carbocycles. The van der Waals surface area contributed by atoms with Crippen LogP contribution in [0.1, 0.15) is 15.5 Å². The van der Waals surface area contributed by atoms with Crippen LogP contribution in [0.2, 0.25) is 0 Å². The Hall–Kier alpha value is -1.18. The first kappa shape index (κ1) is 7.92. The minimum Gasteiger partial charge on any atom is -0.384 e. The number of hydrogen-bond acceptors (Lipinski definition) is 4. The van der Waals surface area contributed by atoms with E-state index in [1.54, 1.807) is 5.38 Å². The molecule has 0 atom stereocenters. The van der Waals surface area contributed by atoms with E-state index < -0.39 is 0 Å². The molecule has 0 aliphatic heterocycles. The zero-order valence-electron chi connectivity index (χ0n) is 5.57. The lowest BCUT2D eigenvalue weighted by Gasteiger charge is -1.74. The van der Waals surface area contributed by atoms with Crippen molar-refractivity contribution in [2.75, 3.05) is 6.61 Å². The van der Waals surface area contributed by atoms with Gasteiger partial charge < -0.3 is 5.11 Å². The van der Waals surface area contributed by atoms with Crippen molar-refractivity contribution in [2.24, 2.45) is 0 Å². The fourth-order valence-electron chi connectivity index (χ4n) is 0.529. The van der Waals surface area contributed by atoms with Gasteiger partial charge in [0.1, 0.15) is 12.3 Å². The van der Waals surface area contributed by atoms with Crippen LogP contribution in [0.25, 0.3) is 0 Å². The second-order valence-electron chi connectivity index (χ2n) is 1.65. The predicted molar refractivity (Wildman–Crippen MR) is 41.5 cm³/mol. The number of aliphatic hydroxyl groups is 1. The molecule has 0 aliphatic rings. The normalized spacial score (nSPS) is 8.45. The van der Waals surface area contributed by atoms with Gasteiger partial charge >= 0.3 is 0 Å². The first-order chi connectivity index (χ1) is 5.36. The molecule has 1 heterocycles. The molecular weight excluding hydrogens is 162 g/mol. The molecule has 0 unspecified atom stereocenters. The number of carbonyl (C=O) groups excluding carboxylic acids is 1. The van der Waals surface area contributed by atoms with E-state index in [2.05, 4.69) is 16.8 Å². The van der Waals surface area contributed by atoms with E-state index in [1.807, 2.05) is 0 Å². The summed E-state index contributed by atoms with van der Waals surface area (Å²) in [6, 6.07) is 0. The Kier molecular flexibility index (Phi) is 2.78. The van der Waals surface area contributed by atoms with Crippen LogP contribution in [0.3, 0.4) is 0 Å². The number of aldehydes is 1. The summed E-state index contributed by atoms with van der Waals surface area (Å²) in [5, 5.41) is 10.4. The lowest BCUT2D eigenvalue weighted by molar-refractivity contribution is 0.112. The number of rotatable bonds is 1. The first-order valence-corrected chi connectivity index (χ1v) is 3.75. The maximum absolute atomic E-state index is 10.1. The smallest absolute Gasteiger partial charge is 0.178 e. The molecule has 0 radical (unpaired) electrons. The van der Waals surface area contributed by atoms with E-state index >= 15 is 0 Å². The molecule has 1 aromatic rings. The highest BCUT2D eigenvalue weighted by Gasteiger charge is 1.95. The topological polar surface area (TPSA) is 50.2 Å². The number of thiazole rings is 1. The second kappa shape index (κ2) is 3.86. The van der Waals surface area contributed by atoms with E-state index in [9.17, 15) is 4.79 Å². The van der Waals surface area contributed by atoms with Gasteiger partial charge in [0.15, 0.2) is 11.3 Å². The highest BCUT2D eigenvalue weighted by Crippen LogP contribution is 2.05. The molecule has 0 aliphatic carbocycles. The van der Waals surface area contributed by atoms with Crippen LogP contribution >= 0.6 is 11.3 Å². The van der Waals surface area contributed by atoms with Crippen molar-refractivity contribution in [3.63, 3.8) is 0 Å². The Bertz CT molecular complexity index is 308. The van der Waals surface area contributed by atoms with Gasteiger partial charge in [-0.1, -0.05) is 5.92 Å². The van der Waals surface area contributed by atoms with Crippen molar-refractivity contribution in [2.45, 2.75) is 0 Å². The van der Waals surface area contributed by atoms with Gasteiger partial charge in [-0.2, -0.15) is 0 Å². The Morgan fingerprint density at radius 3 is 3.18 bits per heavy atom. The fourth-order valence-corrected chi connectivity index (χ4v) is 1.08. The summed E-state index contributed by atoms with van der Waals surface area (Å²) >= 11 is 1.24. The maximum atomic E-state index is 10.1. The zero-order chi connectivity index (χ0) is 8.10. The number of aromatic nitrogens is 1. The molecule has 0 spiro atoms.